The van der Waals surface area contributed by atoms with Crippen LogP contribution in [-0.4, -0.2) is 33.3 Å². The number of ketones is 1. The Morgan fingerprint density at radius 1 is 0.895 bits per heavy atom. The Balaban J connectivity index is 1.24. The van der Waals surface area contributed by atoms with Crippen molar-refractivity contribution in [2.75, 3.05) is 22.8 Å². The summed E-state index contributed by atoms with van der Waals surface area (Å²) >= 11 is 6.10. The van der Waals surface area contributed by atoms with Gasteiger partial charge in [-0.2, -0.15) is 0 Å². The van der Waals surface area contributed by atoms with Crippen molar-refractivity contribution in [2.24, 2.45) is 0 Å². The summed E-state index contributed by atoms with van der Waals surface area (Å²) in [4.78, 5) is 25.7. The Hall–Kier alpha value is -4.14. The van der Waals surface area contributed by atoms with E-state index >= 15 is 0 Å². The molecule has 0 saturated heterocycles. The predicted molar refractivity (Wildman–Crippen MR) is 147 cm³/mol. The molecule has 9 heteroatoms. The van der Waals surface area contributed by atoms with Crippen LogP contribution in [0.2, 0.25) is 5.02 Å². The number of sulfonamides is 1. The largest absolute Gasteiger partial charge is 0.484 e. The number of benzene rings is 4. The van der Waals surface area contributed by atoms with Gasteiger partial charge >= 0.3 is 0 Å². The van der Waals surface area contributed by atoms with Crippen molar-refractivity contribution in [1.82, 2.24) is 0 Å². The number of para-hydroxylation sites is 1. The van der Waals surface area contributed by atoms with Crippen molar-refractivity contribution in [3.8, 4) is 5.75 Å². The first-order chi connectivity index (χ1) is 18.3. The first kappa shape index (κ1) is 25.5. The Bertz CT molecular complexity index is 1610. The molecular weight excluding hydrogens is 524 g/mol. The van der Waals surface area contributed by atoms with E-state index in [0.29, 0.717) is 40.7 Å². The minimum atomic E-state index is -3.72. The van der Waals surface area contributed by atoms with E-state index in [1.807, 2.05) is 24.3 Å². The molecule has 1 aliphatic heterocycles. The monoisotopic (exact) mass is 546 g/mol. The number of anilines is 2. The number of nitrogens with zero attached hydrogens (tertiary/aromatic N) is 1. The Labute approximate surface area is 225 Å². The number of halogens is 1. The van der Waals surface area contributed by atoms with Gasteiger partial charge in [-0.3, -0.25) is 13.9 Å². The third-order valence-corrected chi connectivity index (χ3v) is 8.23. The normalized spacial score (nSPS) is 12.6. The fourth-order valence-corrected chi connectivity index (χ4v) is 5.96. The van der Waals surface area contributed by atoms with Crippen LogP contribution in [-0.2, 0) is 21.2 Å². The van der Waals surface area contributed by atoms with Crippen LogP contribution < -0.4 is 14.4 Å². The van der Waals surface area contributed by atoms with Gasteiger partial charge in [-0.15, -0.1) is 0 Å². The van der Waals surface area contributed by atoms with Crippen molar-refractivity contribution < 1.29 is 22.7 Å². The number of ether oxygens (including phenoxy) is 1. The van der Waals surface area contributed by atoms with Crippen LogP contribution >= 0.6 is 11.6 Å². The van der Waals surface area contributed by atoms with Gasteiger partial charge in [0.15, 0.2) is 12.4 Å². The van der Waals surface area contributed by atoms with E-state index < -0.39 is 15.9 Å². The van der Waals surface area contributed by atoms with Gasteiger partial charge in [-0.1, -0.05) is 60.1 Å². The average molecular weight is 547 g/mol. The van der Waals surface area contributed by atoms with E-state index in [0.717, 1.165) is 5.56 Å². The van der Waals surface area contributed by atoms with Gasteiger partial charge in [-0.25, -0.2) is 8.42 Å². The number of fused-ring (bicyclic) bond motifs is 1. The molecule has 1 amide bonds. The lowest BCUT2D eigenvalue weighted by Gasteiger charge is -2.19. The maximum Gasteiger partial charge on any atom is 0.264 e. The van der Waals surface area contributed by atoms with Crippen LogP contribution in [0.4, 0.5) is 11.4 Å². The number of rotatable bonds is 8. The standard InChI is InChI=1S/C29H23ClN2O5S/c30-22-10-15-26(25(18-22)29(34)21-7-2-1-3-8-21)31-28(33)19-37-23-11-13-24(14-12-23)38(35,36)32-17-16-20-6-4-5-9-27(20)32/h1-15,18H,16-17,19H2,(H,31,33). The zero-order chi connectivity index (χ0) is 26.7. The molecular formula is C29H23ClN2O5S. The van der Waals surface area contributed by atoms with Gasteiger partial charge in [0.05, 0.1) is 16.3 Å². The molecule has 4 aromatic carbocycles. The average Bonchev–Trinajstić information content (AvgIpc) is 3.38. The number of hydrogen-bond donors (Lipinski definition) is 1. The highest BCUT2D eigenvalue weighted by atomic mass is 35.5. The highest BCUT2D eigenvalue weighted by Gasteiger charge is 2.30. The fourth-order valence-electron chi connectivity index (χ4n) is 4.29. The Kier molecular flexibility index (Phi) is 7.18. The molecule has 1 aliphatic rings. The molecule has 38 heavy (non-hydrogen) atoms. The molecule has 5 rings (SSSR count). The summed E-state index contributed by atoms with van der Waals surface area (Å²) in [6.07, 6.45) is 0.665. The summed E-state index contributed by atoms with van der Waals surface area (Å²) < 4.78 is 33.3. The summed E-state index contributed by atoms with van der Waals surface area (Å²) in [6, 6.07) is 26.7. The van der Waals surface area contributed by atoms with Crippen LogP contribution in [0.5, 0.6) is 5.75 Å². The van der Waals surface area contributed by atoms with Gasteiger partial charge in [-0.05, 0) is 60.5 Å². The van der Waals surface area contributed by atoms with Crippen molar-refractivity contribution >= 4 is 44.7 Å². The van der Waals surface area contributed by atoms with Crippen LogP contribution in [0.3, 0.4) is 0 Å². The maximum absolute atomic E-state index is 13.2. The van der Waals surface area contributed by atoms with Crippen LogP contribution in [0.15, 0.2) is 102 Å². The van der Waals surface area contributed by atoms with Crippen molar-refractivity contribution in [1.29, 1.82) is 0 Å². The third kappa shape index (κ3) is 5.27. The van der Waals surface area contributed by atoms with E-state index in [2.05, 4.69) is 5.32 Å². The smallest absolute Gasteiger partial charge is 0.264 e. The lowest BCUT2D eigenvalue weighted by Crippen LogP contribution is -2.29. The van der Waals surface area contributed by atoms with E-state index in [4.69, 9.17) is 16.3 Å². The van der Waals surface area contributed by atoms with Gasteiger partial charge in [0.1, 0.15) is 5.75 Å². The van der Waals surface area contributed by atoms with Crippen molar-refractivity contribution in [3.63, 3.8) is 0 Å². The second-order valence-corrected chi connectivity index (χ2v) is 10.9. The number of amides is 1. The van der Waals surface area contributed by atoms with E-state index in [1.165, 1.54) is 34.6 Å². The fraction of sp³-hybridized carbons (Fsp3) is 0.103. The summed E-state index contributed by atoms with van der Waals surface area (Å²) in [7, 11) is -3.72. The zero-order valence-electron chi connectivity index (χ0n) is 20.1. The Morgan fingerprint density at radius 2 is 1.61 bits per heavy atom. The Morgan fingerprint density at radius 3 is 2.37 bits per heavy atom. The van der Waals surface area contributed by atoms with E-state index in [1.54, 1.807) is 42.5 Å². The van der Waals surface area contributed by atoms with Gasteiger partial charge < -0.3 is 10.1 Å². The molecule has 0 aliphatic carbocycles. The molecule has 0 spiro atoms. The second-order valence-electron chi connectivity index (χ2n) is 8.65. The molecule has 0 saturated carbocycles. The molecule has 1 heterocycles. The summed E-state index contributed by atoms with van der Waals surface area (Å²) in [5.41, 5.74) is 2.72. The SMILES string of the molecule is O=C(COc1ccc(S(=O)(=O)N2CCc3ccccc32)cc1)Nc1ccc(Cl)cc1C(=O)c1ccccc1. The van der Waals surface area contributed by atoms with Gasteiger partial charge in [0, 0.05) is 22.7 Å². The lowest BCUT2D eigenvalue weighted by molar-refractivity contribution is -0.118. The lowest BCUT2D eigenvalue weighted by atomic mass is 10.0. The molecule has 0 fully saturated rings. The number of carbonyl (C=O) groups is 2. The van der Waals surface area contributed by atoms with Crippen LogP contribution in [0.1, 0.15) is 21.5 Å². The van der Waals surface area contributed by atoms with Crippen molar-refractivity contribution in [2.45, 2.75) is 11.3 Å². The molecule has 0 aromatic heterocycles. The first-order valence-corrected chi connectivity index (χ1v) is 13.7. The van der Waals surface area contributed by atoms with Crippen molar-refractivity contribution in [3.05, 3.63) is 119 Å². The maximum atomic E-state index is 13.2. The molecule has 0 radical (unpaired) electrons. The predicted octanol–water partition coefficient (Wildman–Crippen LogP) is 5.34. The molecule has 192 valence electrons. The number of hydrogen-bond acceptors (Lipinski definition) is 5. The van der Waals surface area contributed by atoms with Crippen LogP contribution in [0.25, 0.3) is 0 Å². The van der Waals surface area contributed by atoms with Gasteiger partial charge in [0.2, 0.25) is 0 Å². The quantitative estimate of drug-likeness (QED) is 0.301. The third-order valence-electron chi connectivity index (χ3n) is 6.16. The molecule has 0 unspecified atom stereocenters. The van der Waals surface area contributed by atoms with Crippen LogP contribution in [0, 0.1) is 0 Å². The molecule has 0 atom stereocenters. The first-order valence-electron chi connectivity index (χ1n) is 11.9. The second kappa shape index (κ2) is 10.7. The summed E-state index contributed by atoms with van der Waals surface area (Å²) in [5.74, 6) is -0.431. The topological polar surface area (TPSA) is 92.8 Å². The number of carbonyl (C=O) groups excluding carboxylic acids is 2. The highest BCUT2D eigenvalue weighted by molar-refractivity contribution is 7.92. The van der Waals surface area contributed by atoms with E-state index in [9.17, 15) is 18.0 Å². The van der Waals surface area contributed by atoms with E-state index in [-0.39, 0.29) is 22.8 Å². The molecule has 7 nitrogen and oxygen atoms in total. The summed E-state index contributed by atoms with van der Waals surface area (Å²) in [6.45, 7) is 0.0484. The molecule has 4 aromatic rings. The molecule has 0 bridgehead atoms. The minimum Gasteiger partial charge on any atom is -0.484 e. The summed E-state index contributed by atoms with van der Waals surface area (Å²) in [5, 5.41) is 3.06. The minimum absolute atomic E-state index is 0.135. The number of nitrogens with one attached hydrogen (secondary N) is 1. The highest BCUT2D eigenvalue weighted by Crippen LogP contribution is 2.33. The zero-order valence-corrected chi connectivity index (χ0v) is 21.7. The molecule has 1 N–H and O–H groups in total. The van der Waals surface area contributed by atoms with Gasteiger partial charge in [0.25, 0.3) is 15.9 Å².